The Bertz CT molecular complexity index is 1030. The lowest BCUT2D eigenvalue weighted by Gasteiger charge is -2.40. The van der Waals surface area contributed by atoms with Gasteiger partial charge in [0.25, 0.3) is 0 Å². The van der Waals surface area contributed by atoms with Gasteiger partial charge in [-0.15, -0.1) is 0 Å². The van der Waals surface area contributed by atoms with E-state index in [1.54, 1.807) is 35.2 Å². The van der Waals surface area contributed by atoms with E-state index in [0.717, 1.165) is 18.5 Å². The predicted molar refractivity (Wildman–Crippen MR) is 117 cm³/mol. The first kappa shape index (κ1) is 21.0. The third kappa shape index (κ3) is 3.65. The van der Waals surface area contributed by atoms with Crippen LogP contribution in [-0.4, -0.2) is 55.3 Å². The van der Waals surface area contributed by atoms with Crippen LogP contribution < -0.4 is 4.90 Å². The van der Waals surface area contributed by atoms with Gasteiger partial charge in [0.15, 0.2) is 14.6 Å². The van der Waals surface area contributed by atoms with Crippen molar-refractivity contribution < 1.29 is 18.3 Å². The minimum Gasteiger partial charge on any atom is -0.508 e. The van der Waals surface area contributed by atoms with E-state index in [2.05, 4.69) is 4.90 Å². The molecule has 6 nitrogen and oxygen atoms in total. The van der Waals surface area contributed by atoms with Crippen LogP contribution in [-0.2, 0) is 14.6 Å². The van der Waals surface area contributed by atoms with Gasteiger partial charge in [0.05, 0.1) is 4.90 Å². The maximum Gasteiger partial charge on any atom is 0.244 e. The molecular formula is C22H25ClN2O4S. The molecule has 1 saturated carbocycles. The summed E-state index contributed by atoms with van der Waals surface area (Å²) in [6, 6.07) is 13.1. The normalized spacial score (nSPS) is 19.1. The van der Waals surface area contributed by atoms with Crippen LogP contribution in [0.4, 0.5) is 5.69 Å². The summed E-state index contributed by atoms with van der Waals surface area (Å²) >= 11 is 5.92. The molecule has 1 aliphatic heterocycles. The van der Waals surface area contributed by atoms with Crippen molar-refractivity contribution in [1.29, 1.82) is 0 Å². The lowest BCUT2D eigenvalue weighted by Crippen LogP contribution is -2.57. The van der Waals surface area contributed by atoms with Gasteiger partial charge in [-0.3, -0.25) is 4.79 Å². The smallest absolute Gasteiger partial charge is 0.244 e. The molecule has 0 aromatic heterocycles. The van der Waals surface area contributed by atoms with Gasteiger partial charge in [-0.1, -0.05) is 30.5 Å². The summed E-state index contributed by atoms with van der Waals surface area (Å²) in [5.74, 6) is -0.0875. The number of hydrogen-bond donors (Lipinski definition) is 1. The van der Waals surface area contributed by atoms with E-state index in [0.29, 0.717) is 44.0 Å². The average molecular weight is 449 g/mol. The van der Waals surface area contributed by atoms with Crippen molar-refractivity contribution in [3.05, 3.63) is 53.6 Å². The van der Waals surface area contributed by atoms with Crippen LogP contribution in [0.1, 0.15) is 25.7 Å². The Balaban J connectivity index is 1.55. The number of sulfone groups is 1. The van der Waals surface area contributed by atoms with Gasteiger partial charge < -0.3 is 14.9 Å². The second kappa shape index (κ2) is 8.12. The van der Waals surface area contributed by atoms with E-state index >= 15 is 0 Å². The second-order valence-electron chi connectivity index (χ2n) is 7.96. The lowest BCUT2D eigenvalue weighted by molar-refractivity contribution is -0.134. The quantitative estimate of drug-likeness (QED) is 0.774. The zero-order chi connectivity index (χ0) is 21.4. The van der Waals surface area contributed by atoms with Gasteiger partial charge in [0, 0.05) is 43.0 Å². The first-order chi connectivity index (χ1) is 14.3. The summed E-state index contributed by atoms with van der Waals surface area (Å²) in [5.41, 5.74) is 0.895. The highest BCUT2D eigenvalue weighted by atomic mass is 35.5. The maximum atomic E-state index is 13.6. The third-order valence-electron chi connectivity index (χ3n) is 6.20. The topological polar surface area (TPSA) is 77.9 Å². The molecule has 30 heavy (non-hydrogen) atoms. The molecule has 8 heteroatoms. The number of nitrogens with zero attached hydrogens (tertiary/aromatic N) is 2. The molecule has 1 N–H and O–H groups in total. The zero-order valence-electron chi connectivity index (χ0n) is 16.6. The van der Waals surface area contributed by atoms with Crippen LogP contribution in [0.2, 0.25) is 5.02 Å². The number of phenols is 1. The van der Waals surface area contributed by atoms with Gasteiger partial charge in [0.1, 0.15) is 5.75 Å². The highest BCUT2D eigenvalue weighted by molar-refractivity contribution is 7.93. The minimum atomic E-state index is -3.83. The minimum absolute atomic E-state index is 0.153. The van der Waals surface area contributed by atoms with Gasteiger partial charge in [-0.05, 0) is 49.2 Å². The van der Waals surface area contributed by atoms with E-state index in [-0.39, 0.29) is 16.6 Å². The highest BCUT2D eigenvalue weighted by Gasteiger charge is 2.54. The van der Waals surface area contributed by atoms with Crippen LogP contribution in [0, 0.1) is 0 Å². The molecule has 2 fully saturated rings. The third-order valence-corrected chi connectivity index (χ3v) is 8.96. The van der Waals surface area contributed by atoms with Crippen LogP contribution in [0.5, 0.6) is 5.75 Å². The number of rotatable bonds is 4. The number of hydrogen-bond acceptors (Lipinski definition) is 5. The van der Waals surface area contributed by atoms with Gasteiger partial charge in [-0.2, -0.15) is 0 Å². The Labute approximate surface area is 182 Å². The molecule has 0 unspecified atom stereocenters. The number of amides is 1. The molecule has 0 spiro atoms. The fourth-order valence-corrected chi connectivity index (χ4v) is 6.79. The Hall–Kier alpha value is -2.25. The maximum absolute atomic E-state index is 13.6. The summed E-state index contributed by atoms with van der Waals surface area (Å²) in [4.78, 5) is 17.5. The second-order valence-corrected chi connectivity index (χ2v) is 10.7. The summed E-state index contributed by atoms with van der Waals surface area (Å²) in [5, 5.41) is 10.2. The number of carbonyl (C=O) groups excluding carboxylic acids is 1. The summed E-state index contributed by atoms with van der Waals surface area (Å²) < 4.78 is 25.7. The van der Waals surface area contributed by atoms with E-state index in [9.17, 15) is 18.3 Å². The molecule has 160 valence electrons. The van der Waals surface area contributed by atoms with E-state index in [1.165, 1.54) is 12.1 Å². The highest BCUT2D eigenvalue weighted by Crippen LogP contribution is 2.42. The number of anilines is 1. The molecule has 1 aliphatic carbocycles. The number of halogens is 1. The van der Waals surface area contributed by atoms with Gasteiger partial charge >= 0.3 is 0 Å². The first-order valence-corrected chi connectivity index (χ1v) is 12.0. The van der Waals surface area contributed by atoms with Crippen LogP contribution in [0.25, 0.3) is 0 Å². The van der Waals surface area contributed by atoms with Crippen LogP contribution >= 0.6 is 11.6 Å². The van der Waals surface area contributed by atoms with Crippen molar-refractivity contribution in [2.45, 2.75) is 35.3 Å². The monoisotopic (exact) mass is 448 g/mol. The fourth-order valence-electron chi connectivity index (χ4n) is 4.53. The van der Waals surface area contributed by atoms with E-state index in [4.69, 9.17) is 11.6 Å². The number of piperazine rings is 1. The van der Waals surface area contributed by atoms with Crippen molar-refractivity contribution in [2.24, 2.45) is 0 Å². The Morgan fingerprint density at radius 2 is 1.60 bits per heavy atom. The van der Waals surface area contributed by atoms with Crippen molar-refractivity contribution in [2.75, 3.05) is 31.1 Å². The molecular weight excluding hydrogens is 424 g/mol. The van der Waals surface area contributed by atoms with Crippen molar-refractivity contribution >= 4 is 33.0 Å². The molecule has 0 bridgehead atoms. The number of carbonyl (C=O) groups is 1. The van der Waals surface area contributed by atoms with Gasteiger partial charge in [-0.25, -0.2) is 8.42 Å². The van der Waals surface area contributed by atoms with Crippen molar-refractivity contribution in [3.63, 3.8) is 0 Å². The Morgan fingerprint density at radius 3 is 2.20 bits per heavy atom. The predicted octanol–water partition coefficient (Wildman–Crippen LogP) is 3.48. The Morgan fingerprint density at radius 1 is 0.967 bits per heavy atom. The first-order valence-electron chi connectivity index (χ1n) is 10.2. The molecule has 4 rings (SSSR count). The number of phenolic OH excluding ortho intramolecular Hbond substituents is 1. The summed E-state index contributed by atoms with van der Waals surface area (Å²) in [6.45, 7) is 2.08. The molecule has 0 atom stereocenters. The molecule has 1 amide bonds. The van der Waals surface area contributed by atoms with Crippen molar-refractivity contribution in [3.8, 4) is 5.75 Å². The van der Waals surface area contributed by atoms with Gasteiger partial charge in [0.2, 0.25) is 5.91 Å². The zero-order valence-corrected chi connectivity index (χ0v) is 18.2. The van der Waals surface area contributed by atoms with E-state index in [1.807, 2.05) is 6.07 Å². The molecule has 2 aromatic rings. The van der Waals surface area contributed by atoms with Crippen LogP contribution in [0.3, 0.4) is 0 Å². The largest absolute Gasteiger partial charge is 0.508 e. The average Bonchev–Trinajstić information content (AvgIpc) is 3.25. The summed E-state index contributed by atoms with van der Waals surface area (Å²) in [6.07, 6.45) is 2.15. The standard InChI is InChI=1S/C22H25ClN2O4S/c23-17-6-8-20(9-7-17)30(28,29)22(10-1-2-11-22)21(27)25-14-12-24(13-15-25)18-4-3-5-19(26)16-18/h3-9,16,26H,1-2,10-15H2. The summed E-state index contributed by atoms with van der Waals surface area (Å²) in [7, 11) is -3.83. The van der Waals surface area contributed by atoms with Crippen LogP contribution in [0.15, 0.2) is 53.4 Å². The molecule has 2 aliphatic rings. The molecule has 2 aromatic carbocycles. The molecule has 0 radical (unpaired) electrons. The van der Waals surface area contributed by atoms with Crippen molar-refractivity contribution in [1.82, 2.24) is 4.90 Å². The number of aromatic hydroxyl groups is 1. The molecule has 1 saturated heterocycles. The SMILES string of the molecule is O=C(N1CCN(c2cccc(O)c2)CC1)C1(S(=O)(=O)c2ccc(Cl)cc2)CCCC1. The fraction of sp³-hybridized carbons (Fsp3) is 0.409. The molecule has 1 heterocycles. The Kier molecular flexibility index (Phi) is 5.68. The van der Waals surface area contributed by atoms with E-state index < -0.39 is 14.6 Å². The lowest BCUT2D eigenvalue weighted by atomic mass is 10.0. The number of benzene rings is 2.